The molecule has 8 nitrogen and oxygen atoms in total. The number of carbonyl (C=O) groups excluding carboxylic acids is 3. The van der Waals surface area contributed by atoms with Crippen molar-refractivity contribution in [3.05, 3.63) is 105 Å². The van der Waals surface area contributed by atoms with Crippen molar-refractivity contribution in [2.45, 2.75) is 91.8 Å². The van der Waals surface area contributed by atoms with E-state index >= 15 is 0 Å². The highest BCUT2D eigenvalue weighted by Crippen LogP contribution is 2.34. The van der Waals surface area contributed by atoms with Gasteiger partial charge in [-0.1, -0.05) is 88.5 Å². The molecule has 2 atom stereocenters. The van der Waals surface area contributed by atoms with Crippen molar-refractivity contribution in [2.24, 2.45) is 0 Å². The Labute approximate surface area is 279 Å². The number of carboxylic acids is 1. The van der Waals surface area contributed by atoms with Gasteiger partial charge in [0.2, 0.25) is 17.7 Å². The molecule has 0 radical (unpaired) electrons. The maximum Gasteiger partial charge on any atom is 0.329 e. The topological polar surface area (TPSA) is 98.2 Å². The van der Waals surface area contributed by atoms with Crippen molar-refractivity contribution < 1.29 is 24.3 Å². The van der Waals surface area contributed by atoms with E-state index in [-0.39, 0.29) is 24.1 Å². The van der Waals surface area contributed by atoms with E-state index in [1.165, 1.54) is 10.5 Å². The van der Waals surface area contributed by atoms with E-state index in [0.717, 1.165) is 38.9 Å². The van der Waals surface area contributed by atoms with Crippen LogP contribution in [-0.2, 0) is 38.6 Å². The Kier molecular flexibility index (Phi) is 10.6. The Hall–Kier alpha value is -4.46. The van der Waals surface area contributed by atoms with Crippen LogP contribution in [0.1, 0.15) is 71.2 Å². The maximum atomic E-state index is 13.1. The summed E-state index contributed by atoms with van der Waals surface area (Å²) in [5.41, 5.74) is 7.04. The number of amides is 3. The van der Waals surface area contributed by atoms with Gasteiger partial charge in [-0.25, -0.2) is 4.79 Å². The molecule has 47 heavy (non-hydrogen) atoms. The summed E-state index contributed by atoms with van der Waals surface area (Å²) >= 11 is 0. The van der Waals surface area contributed by atoms with Gasteiger partial charge in [0.1, 0.15) is 11.1 Å². The van der Waals surface area contributed by atoms with Gasteiger partial charge in [-0.05, 0) is 78.0 Å². The number of carbonyl (C=O) groups is 4. The zero-order valence-electron chi connectivity index (χ0n) is 29.1. The predicted octanol–water partition coefficient (Wildman–Crippen LogP) is 5.73. The summed E-state index contributed by atoms with van der Waals surface area (Å²) in [6.07, 6.45) is 1.85. The zero-order valence-corrected chi connectivity index (χ0v) is 29.1. The number of aliphatic carboxylic acids is 1. The second-order valence-corrected chi connectivity index (χ2v) is 13.9. The molecule has 2 unspecified atom stereocenters. The van der Waals surface area contributed by atoms with Crippen molar-refractivity contribution in [3.8, 4) is 0 Å². The summed E-state index contributed by atoms with van der Waals surface area (Å²) in [4.78, 5) is 54.4. The van der Waals surface area contributed by atoms with E-state index in [1.54, 1.807) is 16.7 Å². The fourth-order valence-electron chi connectivity index (χ4n) is 6.70. The first-order chi connectivity index (χ1) is 22.0. The monoisotopic (exact) mass is 639 g/mol. The van der Waals surface area contributed by atoms with Crippen LogP contribution in [0.2, 0.25) is 0 Å². The minimum atomic E-state index is -1.02. The van der Waals surface area contributed by atoms with Crippen molar-refractivity contribution in [3.63, 3.8) is 0 Å². The van der Waals surface area contributed by atoms with Gasteiger partial charge in [0.15, 0.2) is 0 Å². The van der Waals surface area contributed by atoms with Gasteiger partial charge in [0.05, 0.1) is 12.8 Å². The molecule has 2 fully saturated rings. The number of hydrogen-bond donors (Lipinski definition) is 1. The van der Waals surface area contributed by atoms with E-state index in [9.17, 15) is 24.3 Å². The number of carboxylic acid groups (broad SMARTS) is 1. The van der Waals surface area contributed by atoms with Gasteiger partial charge in [-0.15, -0.1) is 0 Å². The molecule has 0 aliphatic carbocycles. The number of likely N-dealkylation sites (tertiary alicyclic amines) is 2. The first-order valence-corrected chi connectivity index (χ1v) is 16.3. The number of likely N-dealkylation sites (N-methyl/N-ethyl adjacent to an activating group) is 1. The lowest BCUT2D eigenvalue weighted by molar-refractivity contribution is -0.168. The first-order valence-electron chi connectivity index (χ1n) is 16.3. The molecule has 0 spiro atoms. The number of hydrogen-bond acceptors (Lipinski definition) is 4. The van der Waals surface area contributed by atoms with Crippen LogP contribution >= 0.6 is 0 Å². The summed E-state index contributed by atoms with van der Waals surface area (Å²) in [5, 5.41) is 9.17. The number of aryl methyl sites for hydroxylation is 5. The van der Waals surface area contributed by atoms with Crippen LogP contribution in [0.5, 0.6) is 0 Å². The molecule has 3 amide bonds. The van der Waals surface area contributed by atoms with Crippen molar-refractivity contribution in [2.75, 3.05) is 20.1 Å². The molecule has 2 heterocycles. The Morgan fingerprint density at radius 3 is 1.40 bits per heavy atom. The lowest BCUT2D eigenvalue weighted by Gasteiger charge is -2.50. The minimum absolute atomic E-state index is 0.00750. The summed E-state index contributed by atoms with van der Waals surface area (Å²) in [5.74, 6) is -1.00. The quantitative estimate of drug-likeness (QED) is 0.340. The molecule has 3 aromatic carbocycles. The molecular weight excluding hydrogens is 590 g/mol. The van der Waals surface area contributed by atoms with Crippen LogP contribution in [0.3, 0.4) is 0 Å². The van der Waals surface area contributed by atoms with E-state index < -0.39 is 17.0 Å². The van der Waals surface area contributed by atoms with Gasteiger partial charge >= 0.3 is 5.97 Å². The summed E-state index contributed by atoms with van der Waals surface area (Å²) in [6, 6.07) is 20.4. The fourth-order valence-corrected chi connectivity index (χ4v) is 6.70. The van der Waals surface area contributed by atoms with Gasteiger partial charge < -0.3 is 19.8 Å². The van der Waals surface area contributed by atoms with Gasteiger partial charge in [0, 0.05) is 26.7 Å². The van der Waals surface area contributed by atoms with E-state index in [4.69, 9.17) is 0 Å². The third kappa shape index (κ3) is 8.10. The highest BCUT2D eigenvalue weighted by Gasteiger charge is 2.51. The maximum absolute atomic E-state index is 13.1. The Morgan fingerprint density at radius 2 is 1.04 bits per heavy atom. The largest absolute Gasteiger partial charge is 0.480 e. The number of benzene rings is 3. The van der Waals surface area contributed by atoms with Crippen LogP contribution < -0.4 is 0 Å². The highest BCUT2D eigenvalue weighted by molar-refractivity contribution is 5.93. The van der Waals surface area contributed by atoms with Crippen molar-refractivity contribution in [1.29, 1.82) is 0 Å². The summed E-state index contributed by atoms with van der Waals surface area (Å²) in [6.45, 7) is 15.3. The first kappa shape index (κ1) is 35.4. The highest BCUT2D eigenvalue weighted by atomic mass is 16.4. The molecule has 0 bridgehead atoms. The second kappa shape index (κ2) is 14.1. The van der Waals surface area contributed by atoms with Crippen LogP contribution in [-0.4, -0.2) is 74.7 Å². The SMILES string of the molecule is Cc1cc(C)cc(CC(=O)N2CCC2(C)C(=O)O)c1.Cc1ccc(CN(C)C(=O)C2(C)CCN2C(=O)Cc2cc(C)cc(C)c2)cc1. The Balaban J connectivity index is 0.000000229. The third-order valence-electron chi connectivity index (χ3n) is 9.52. The number of nitrogens with zero attached hydrogens (tertiary/aromatic N) is 3. The van der Waals surface area contributed by atoms with Gasteiger partial charge in [-0.2, -0.15) is 0 Å². The minimum Gasteiger partial charge on any atom is -0.480 e. The molecule has 2 aliphatic heterocycles. The van der Waals surface area contributed by atoms with Crippen molar-refractivity contribution in [1.82, 2.24) is 14.7 Å². The smallest absolute Gasteiger partial charge is 0.329 e. The third-order valence-corrected chi connectivity index (χ3v) is 9.52. The summed E-state index contributed by atoms with van der Waals surface area (Å²) < 4.78 is 0. The second-order valence-electron chi connectivity index (χ2n) is 13.9. The normalized spacial score (nSPS) is 19.9. The van der Waals surface area contributed by atoms with E-state index in [0.29, 0.717) is 38.9 Å². The molecular formula is C39H49N3O5. The average Bonchev–Trinajstić information content (AvgIpc) is 2.95. The molecule has 0 aromatic heterocycles. The molecule has 0 saturated carbocycles. The van der Waals surface area contributed by atoms with Crippen LogP contribution in [0.15, 0.2) is 60.7 Å². The van der Waals surface area contributed by atoms with Crippen LogP contribution in [0.25, 0.3) is 0 Å². The fraction of sp³-hybridized carbons (Fsp3) is 0.436. The Bertz CT molecular complexity index is 1630. The lowest BCUT2D eigenvalue weighted by atomic mass is 9.84. The number of rotatable bonds is 8. The van der Waals surface area contributed by atoms with E-state index in [2.05, 4.69) is 24.3 Å². The lowest BCUT2D eigenvalue weighted by Crippen LogP contribution is -2.67. The molecule has 2 aliphatic rings. The molecule has 1 N–H and O–H groups in total. The summed E-state index contributed by atoms with van der Waals surface area (Å²) in [7, 11) is 1.82. The Morgan fingerprint density at radius 1 is 0.638 bits per heavy atom. The molecule has 5 rings (SSSR count). The van der Waals surface area contributed by atoms with Gasteiger partial charge in [-0.3, -0.25) is 14.4 Å². The van der Waals surface area contributed by atoms with Gasteiger partial charge in [0.25, 0.3) is 0 Å². The predicted molar refractivity (Wildman–Crippen MR) is 184 cm³/mol. The average molecular weight is 640 g/mol. The van der Waals surface area contributed by atoms with Crippen LogP contribution in [0, 0.1) is 34.6 Å². The molecule has 2 saturated heterocycles. The molecule has 250 valence electrons. The van der Waals surface area contributed by atoms with E-state index in [1.807, 2.05) is 85.0 Å². The molecule has 3 aromatic rings. The molecule has 8 heteroatoms. The standard InChI is InChI=1S/C24H30N2O2.C15H19NO3/c1-17-6-8-20(9-7-17)16-25(5)23(28)24(4)10-11-26(24)22(27)15-21-13-18(2)12-19(3)14-21;1-10-6-11(2)8-12(7-10)9-13(17)16-5-4-15(16,3)14(18)19/h6-9,12-14H,10-11,15-16H2,1-5H3;6-8H,4-5,9H2,1-3H3,(H,18,19). The van der Waals surface area contributed by atoms with Crippen molar-refractivity contribution >= 4 is 23.7 Å². The zero-order chi connectivity index (χ0) is 34.7. The van der Waals surface area contributed by atoms with Crippen LogP contribution in [0.4, 0.5) is 0 Å².